The minimum absolute atomic E-state index is 0.196. The highest BCUT2D eigenvalue weighted by Crippen LogP contribution is 2.30. The van der Waals surface area contributed by atoms with E-state index in [0.29, 0.717) is 6.42 Å². The van der Waals surface area contributed by atoms with Crippen LogP contribution in [0.2, 0.25) is 0 Å². The summed E-state index contributed by atoms with van der Waals surface area (Å²) < 4.78 is 10.3. The average molecular weight is 325 g/mol. The molecule has 0 saturated heterocycles. The summed E-state index contributed by atoms with van der Waals surface area (Å²) in [5, 5.41) is 0. The smallest absolute Gasteiger partial charge is 0.414 e. The highest BCUT2D eigenvalue weighted by Gasteiger charge is 2.33. The molecule has 0 bridgehead atoms. The standard InChI is InChI=1S/C19H19NO4/c1-23-18(21)16-11-15-9-5-6-10-17(15)20(12-16)19(22)24-13-14-7-3-2-4-8-14/h2-10,16H,11-13H2,1H3/t16-/m0/s1. The van der Waals surface area contributed by atoms with Crippen LogP contribution in [0.5, 0.6) is 0 Å². The first kappa shape index (κ1) is 16.1. The van der Waals surface area contributed by atoms with Crippen molar-refractivity contribution in [3.63, 3.8) is 0 Å². The van der Waals surface area contributed by atoms with Gasteiger partial charge in [0.15, 0.2) is 0 Å². The molecule has 0 N–H and O–H groups in total. The quantitative estimate of drug-likeness (QED) is 0.813. The second kappa shape index (κ2) is 7.17. The normalized spacial score (nSPS) is 16.2. The Morgan fingerprint density at radius 1 is 1.08 bits per heavy atom. The van der Waals surface area contributed by atoms with Gasteiger partial charge >= 0.3 is 12.1 Å². The summed E-state index contributed by atoms with van der Waals surface area (Å²) in [5.41, 5.74) is 2.65. The van der Waals surface area contributed by atoms with Crippen LogP contribution < -0.4 is 4.90 Å². The zero-order valence-electron chi connectivity index (χ0n) is 13.5. The van der Waals surface area contributed by atoms with Crippen LogP contribution >= 0.6 is 0 Å². The van der Waals surface area contributed by atoms with Gasteiger partial charge in [-0.1, -0.05) is 48.5 Å². The van der Waals surface area contributed by atoms with E-state index in [1.54, 1.807) is 0 Å². The summed E-state index contributed by atoms with van der Waals surface area (Å²) in [6.45, 7) is 0.457. The maximum Gasteiger partial charge on any atom is 0.414 e. The molecule has 0 aromatic heterocycles. The molecule has 0 aliphatic carbocycles. The Hall–Kier alpha value is -2.82. The number of para-hydroxylation sites is 1. The van der Waals surface area contributed by atoms with E-state index in [2.05, 4.69) is 0 Å². The minimum atomic E-state index is -0.458. The third-order valence-electron chi connectivity index (χ3n) is 4.11. The Morgan fingerprint density at radius 2 is 1.79 bits per heavy atom. The fraction of sp³-hybridized carbons (Fsp3) is 0.263. The van der Waals surface area contributed by atoms with Crippen LogP contribution in [-0.2, 0) is 27.3 Å². The number of amides is 1. The second-order valence-electron chi connectivity index (χ2n) is 5.70. The van der Waals surface area contributed by atoms with Crippen molar-refractivity contribution in [3.8, 4) is 0 Å². The largest absolute Gasteiger partial charge is 0.469 e. The van der Waals surface area contributed by atoms with Gasteiger partial charge in [-0.3, -0.25) is 9.69 Å². The average Bonchev–Trinajstić information content (AvgIpc) is 2.65. The molecule has 1 aliphatic heterocycles. The van der Waals surface area contributed by atoms with Crippen molar-refractivity contribution in [2.45, 2.75) is 13.0 Å². The molecule has 24 heavy (non-hydrogen) atoms. The van der Waals surface area contributed by atoms with E-state index in [1.165, 1.54) is 12.0 Å². The number of anilines is 1. The Kier molecular flexibility index (Phi) is 4.79. The summed E-state index contributed by atoms with van der Waals surface area (Å²) in [4.78, 5) is 26.0. The summed E-state index contributed by atoms with van der Waals surface area (Å²) in [7, 11) is 1.36. The van der Waals surface area contributed by atoms with Crippen molar-refractivity contribution >= 4 is 17.7 Å². The van der Waals surface area contributed by atoms with Crippen molar-refractivity contribution in [1.82, 2.24) is 0 Å². The number of carbonyl (C=O) groups is 2. The highest BCUT2D eigenvalue weighted by molar-refractivity contribution is 5.91. The summed E-state index contributed by atoms with van der Waals surface area (Å²) in [6, 6.07) is 17.0. The first-order chi connectivity index (χ1) is 11.7. The van der Waals surface area contributed by atoms with Crippen molar-refractivity contribution in [1.29, 1.82) is 0 Å². The first-order valence-electron chi connectivity index (χ1n) is 7.83. The van der Waals surface area contributed by atoms with Gasteiger partial charge in [-0.05, 0) is 23.6 Å². The minimum Gasteiger partial charge on any atom is -0.469 e. The molecule has 1 aliphatic rings. The lowest BCUT2D eigenvalue weighted by molar-refractivity contribution is -0.145. The number of hydrogen-bond acceptors (Lipinski definition) is 4. The molecule has 5 heteroatoms. The van der Waals surface area contributed by atoms with Crippen molar-refractivity contribution in [2.24, 2.45) is 5.92 Å². The lowest BCUT2D eigenvalue weighted by Crippen LogP contribution is -2.43. The monoisotopic (exact) mass is 325 g/mol. The highest BCUT2D eigenvalue weighted by atomic mass is 16.6. The van der Waals surface area contributed by atoms with Crippen molar-refractivity contribution < 1.29 is 19.1 Å². The van der Waals surface area contributed by atoms with E-state index in [0.717, 1.165) is 16.8 Å². The molecular weight excluding hydrogens is 306 g/mol. The summed E-state index contributed by atoms with van der Waals surface area (Å²) in [5.74, 6) is -0.695. The van der Waals surface area contributed by atoms with E-state index in [1.807, 2.05) is 54.6 Å². The van der Waals surface area contributed by atoms with E-state index < -0.39 is 6.09 Å². The molecule has 1 heterocycles. The number of ether oxygens (including phenoxy) is 2. The maximum absolute atomic E-state index is 12.5. The molecule has 0 saturated carbocycles. The molecule has 0 fully saturated rings. The van der Waals surface area contributed by atoms with Gasteiger partial charge in [0.1, 0.15) is 6.61 Å². The van der Waals surface area contributed by atoms with Crippen LogP contribution in [0.4, 0.5) is 10.5 Å². The molecule has 1 amide bonds. The number of fused-ring (bicyclic) bond motifs is 1. The molecule has 2 aromatic carbocycles. The number of nitrogens with zero attached hydrogens (tertiary/aromatic N) is 1. The van der Waals surface area contributed by atoms with Gasteiger partial charge in [-0.15, -0.1) is 0 Å². The molecule has 5 nitrogen and oxygen atoms in total. The number of hydrogen-bond donors (Lipinski definition) is 0. The van der Waals surface area contributed by atoms with Gasteiger partial charge in [0.25, 0.3) is 0 Å². The van der Waals surface area contributed by atoms with Crippen LogP contribution in [0, 0.1) is 5.92 Å². The predicted octanol–water partition coefficient (Wildman–Crippen LogP) is 3.18. The number of benzene rings is 2. The molecule has 0 unspecified atom stereocenters. The fourth-order valence-electron chi connectivity index (χ4n) is 2.89. The summed E-state index contributed by atoms with van der Waals surface area (Å²) in [6.07, 6.45) is 0.102. The molecule has 1 atom stereocenters. The molecule has 0 spiro atoms. The zero-order chi connectivity index (χ0) is 16.9. The van der Waals surface area contributed by atoms with Gasteiger partial charge in [0.05, 0.1) is 18.7 Å². The number of rotatable bonds is 3. The van der Waals surface area contributed by atoms with Crippen LogP contribution in [0.15, 0.2) is 54.6 Å². The van der Waals surface area contributed by atoms with Gasteiger partial charge in [-0.2, -0.15) is 0 Å². The van der Waals surface area contributed by atoms with Crippen LogP contribution in [-0.4, -0.2) is 25.7 Å². The van der Waals surface area contributed by atoms with Crippen LogP contribution in [0.25, 0.3) is 0 Å². The second-order valence-corrected chi connectivity index (χ2v) is 5.70. The lowest BCUT2D eigenvalue weighted by atomic mass is 9.93. The van der Waals surface area contributed by atoms with Gasteiger partial charge < -0.3 is 9.47 Å². The Morgan fingerprint density at radius 3 is 2.54 bits per heavy atom. The van der Waals surface area contributed by atoms with E-state index in [9.17, 15) is 9.59 Å². The lowest BCUT2D eigenvalue weighted by Gasteiger charge is -2.32. The number of esters is 1. The number of carbonyl (C=O) groups excluding carboxylic acids is 2. The van der Waals surface area contributed by atoms with E-state index in [-0.39, 0.29) is 25.0 Å². The maximum atomic E-state index is 12.5. The van der Waals surface area contributed by atoms with Gasteiger partial charge in [0.2, 0.25) is 0 Å². The Balaban J connectivity index is 1.77. The van der Waals surface area contributed by atoms with Gasteiger partial charge in [0, 0.05) is 6.54 Å². The molecule has 2 aromatic rings. The Bertz CT molecular complexity index is 729. The third-order valence-corrected chi connectivity index (χ3v) is 4.11. The van der Waals surface area contributed by atoms with Crippen LogP contribution in [0.3, 0.4) is 0 Å². The zero-order valence-corrected chi connectivity index (χ0v) is 13.5. The fourth-order valence-corrected chi connectivity index (χ4v) is 2.89. The number of methoxy groups -OCH3 is 1. The Labute approximate surface area is 140 Å². The molecule has 0 radical (unpaired) electrons. The van der Waals surface area contributed by atoms with Gasteiger partial charge in [-0.25, -0.2) is 4.79 Å². The molecular formula is C19H19NO4. The summed E-state index contributed by atoms with van der Waals surface area (Å²) >= 11 is 0. The SMILES string of the molecule is COC(=O)[C@H]1Cc2ccccc2N(C(=O)OCc2ccccc2)C1. The first-order valence-corrected chi connectivity index (χ1v) is 7.83. The third kappa shape index (κ3) is 3.40. The van der Waals surface area contributed by atoms with E-state index >= 15 is 0 Å². The van der Waals surface area contributed by atoms with E-state index in [4.69, 9.17) is 9.47 Å². The molecule has 3 rings (SSSR count). The molecule has 124 valence electrons. The van der Waals surface area contributed by atoms with Crippen molar-refractivity contribution in [2.75, 3.05) is 18.6 Å². The predicted molar refractivity (Wildman–Crippen MR) is 89.6 cm³/mol. The van der Waals surface area contributed by atoms with Crippen molar-refractivity contribution in [3.05, 3.63) is 65.7 Å². The van der Waals surface area contributed by atoms with Crippen LogP contribution in [0.1, 0.15) is 11.1 Å². The topological polar surface area (TPSA) is 55.8 Å².